The molecule has 3 aromatic carbocycles. The summed E-state index contributed by atoms with van der Waals surface area (Å²) in [4.78, 5) is 18.1. The van der Waals surface area contributed by atoms with Crippen LogP contribution >= 0.6 is 0 Å². The van der Waals surface area contributed by atoms with E-state index < -0.39 is 0 Å². The lowest BCUT2D eigenvalue weighted by molar-refractivity contribution is -0.132. The van der Waals surface area contributed by atoms with Gasteiger partial charge in [0.1, 0.15) is 0 Å². The van der Waals surface area contributed by atoms with Crippen LogP contribution in [0.3, 0.4) is 0 Å². The smallest absolute Gasteiger partial charge is 0.223 e. The molecule has 1 aromatic heterocycles. The number of hydrogen-bond donors (Lipinski definition) is 0. The molecule has 0 saturated heterocycles. The molecule has 1 heterocycles. The molecule has 4 rings (SSSR count). The van der Waals surface area contributed by atoms with Crippen LogP contribution in [-0.4, -0.2) is 47.5 Å². The highest BCUT2D eigenvalue weighted by atomic mass is 16.2. The molecule has 4 nitrogen and oxygen atoms in total. The van der Waals surface area contributed by atoms with Gasteiger partial charge in [-0.15, -0.1) is 0 Å². The Bertz CT molecular complexity index is 1260. The van der Waals surface area contributed by atoms with E-state index in [4.69, 9.17) is 0 Å². The first-order chi connectivity index (χ1) is 17.0. The first-order valence-electron chi connectivity index (χ1n) is 12.6. The van der Waals surface area contributed by atoms with E-state index in [2.05, 4.69) is 104 Å². The summed E-state index contributed by atoms with van der Waals surface area (Å²) >= 11 is 0. The van der Waals surface area contributed by atoms with Gasteiger partial charge >= 0.3 is 0 Å². The highest BCUT2D eigenvalue weighted by molar-refractivity contribution is 5.86. The summed E-state index contributed by atoms with van der Waals surface area (Å²) in [6, 6.07) is 27.5. The summed E-state index contributed by atoms with van der Waals surface area (Å²) in [5, 5.41) is 1.23. The lowest BCUT2D eigenvalue weighted by Gasteiger charge is -2.27. The average Bonchev–Trinajstić information content (AvgIpc) is 3.24. The van der Waals surface area contributed by atoms with Gasteiger partial charge in [0.05, 0.1) is 0 Å². The normalized spacial score (nSPS) is 12.3. The first kappa shape index (κ1) is 24.7. The van der Waals surface area contributed by atoms with E-state index in [0.717, 1.165) is 18.7 Å². The van der Waals surface area contributed by atoms with Crippen LogP contribution < -0.4 is 0 Å². The number of aromatic nitrogens is 1. The molecule has 1 amide bonds. The monoisotopic (exact) mass is 467 g/mol. The number of carbonyl (C=O) groups is 1. The molecule has 182 valence electrons. The van der Waals surface area contributed by atoms with Gasteiger partial charge in [0.25, 0.3) is 0 Å². The molecule has 0 fully saturated rings. The zero-order valence-electron chi connectivity index (χ0n) is 21.4. The van der Waals surface area contributed by atoms with Crippen molar-refractivity contribution in [1.29, 1.82) is 0 Å². The van der Waals surface area contributed by atoms with E-state index in [-0.39, 0.29) is 11.8 Å². The maximum absolute atomic E-state index is 13.9. The number of nitrogens with zero attached hydrogens (tertiary/aromatic N) is 3. The third kappa shape index (κ3) is 6.01. The van der Waals surface area contributed by atoms with Crippen LogP contribution in [0.15, 0.2) is 85.1 Å². The topological polar surface area (TPSA) is 28.5 Å². The minimum atomic E-state index is -0.00210. The van der Waals surface area contributed by atoms with Crippen molar-refractivity contribution in [1.82, 2.24) is 14.4 Å². The molecule has 0 bridgehead atoms. The Balaban J connectivity index is 1.71. The summed E-state index contributed by atoms with van der Waals surface area (Å²) in [7, 11) is 4.11. The van der Waals surface area contributed by atoms with Crippen LogP contribution in [0.4, 0.5) is 0 Å². The SMILES string of the molecule is CCn1cc(C(CC(=O)N(CCN(C)C)Cc2ccccc2)c2cccc(C)c2)c2ccccc21. The van der Waals surface area contributed by atoms with Crippen LogP contribution in [0.1, 0.15) is 41.5 Å². The summed E-state index contributed by atoms with van der Waals surface area (Å²) in [6.07, 6.45) is 2.70. The van der Waals surface area contributed by atoms with Crippen molar-refractivity contribution in [3.8, 4) is 0 Å². The number of fused-ring (bicyclic) bond motifs is 1. The van der Waals surface area contributed by atoms with E-state index in [1.807, 2.05) is 23.1 Å². The third-order valence-corrected chi connectivity index (χ3v) is 6.74. The molecular formula is C31H37N3O. The number of benzene rings is 3. The Kier molecular flexibility index (Phi) is 8.04. The van der Waals surface area contributed by atoms with E-state index in [1.165, 1.54) is 27.6 Å². The van der Waals surface area contributed by atoms with Gasteiger partial charge in [-0.05, 0) is 50.7 Å². The van der Waals surface area contributed by atoms with Gasteiger partial charge in [-0.2, -0.15) is 0 Å². The minimum absolute atomic E-state index is 0.00210. The molecule has 4 heteroatoms. The molecule has 0 aliphatic carbocycles. The lowest BCUT2D eigenvalue weighted by Crippen LogP contribution is -2.37. The number of para-hydroxylation sites is 1. The molecule has 0 N–H and O–H groups in total. The predicted molar refractivity (Wildman–Crippen MR) is 146 cm³/mol. The zero-order chi connectivity index (χ0) is 24.8. The quantitative estimate of drug-likeness (QED) is 0.283. The zero-order valence-corrected chi connectivity index (χ0v) is 21.4. The second kappa shape index (κ2) is 11.4. The highest BCUT2D eigenvalue weighted by Gasteiger charge is 2.25. The number of amides is 1. The van der Waals surface area contributed by atoms with Gasteiger partial charge in [-0.25, -0.2) is 0 Å². The molecule has 1 unspecified atom stereocenters. The number of rotatable bonds is 10. The van der Waals surface area contributed by atoms with Crippen molar-refractivity contribution in [3.63, 3.8) is 0 Å². The van der Waals surface area contributed by atoms with Crippen molar-refractivity contribution in [2.45, 2.75) is 39.3 Å². The Labute approximate surface area is 209 Å². The van der Waals surface area contributed by atoms with Crippen LogP contribution in [0, 0.1) is 6.92 Å². The Hall–Kier alpha value is -3.37. The Morgan fingerprint density at radius 2 is 1.66 bits per heavy atom. The van der Waals surface area contributed by atoms with Gasteiger partial charge in [0.2, 0.25) is 5.91 Å². The fourth-order valence-corrected chi connectivity index (χ4v) is 4.83. The van der Waals surface area contributed by atoms with Gasteiger partial charge in [0, 0.05) is 55.6 Å². The van der Waals surface area contributed by atoms with E-state index in [9.17, 15) is 4.79 Å². The number of likely N-dealkylation sites (N-methyl/N-ethyl adjacent to an activating group) is 1. The predicted octanol–water partition coefficient (Wildman–Crippen LogP) is 6.08. The Morgan fingerprint density at radius 3 is 2.37 bits per heavy atom. The molecular weight excluding hydrogens is 430 g/mol. The number of hydrogen-bond acceptors (Lipinski definition) is 2. The summed E-state index contributed by atoms with van der Waals surface area (Å²) in [5.74, 6) is 0.188. The van der Waals surface area contributed by atoms with Gasteiger partial charge in [-0.1, -0.05) is 78.4 Å². The van der Waals surface area contributed by atoms with E-state index in [1.54, 1.807) is 0 Å². The van der Waals surface area contributed by atoms with Crippen LogP contribution in [0.5, 0.6) is 0 Å². The largest absolute Gasteiger partial charge is 0.347 e. The van der Waals surface area contributed by atoms with Crippen molar-refractivity contribution in [2.75, 3.05) is 27.2 Å². The van der Waals surface area contributed by atoms with Crippen LogP contribution in [0.25, 0.3) is 10.9 Å². The molecule has 0 radical (unpaired) electrons. The number of carbonyl (C=O) groups excluding carboxylic acids is 1. The molecule has 0 aliphatic heterocycles. The fraction of sp³-hybridized carbons (Fsp3) is 0.323. The second-order valence-electron chi connectivity index (χ2n) is 9.66. The summed E-state index contributed by atoms with van der Waals surface area (Å²) in [5.41, 5.74) is 6.03. The van der Waals surface area contributed by atoms with Crippen molar-refractivity contribution in [3.05, 3.63) is 107 Å². The molecule has 0 saturated carbocycles. The minimum Gasteiger partial charge on any atom is -0.347 e. The number of aryl methyl sites for hydroxylation is 2. The highest BCUT2D eigenvalue weighted by Crippen LogP contribution is 2.35. The summed E-state index contributed by atoms with van der Waals surface area (Å²) < 4.78 is 2.30. The van der Waals surface area contributed by atoms with Crippen molar-refractivity contribution in [2.24, 2.45) is 0 Å². The second-order valence-corrected chi connectivity index (χ2v) is 9.66. The molecule has 4 aromatic rings. The van der Waals surface area contributed by atoms with Crippen molar-refractivity contribution >= 4 is 16.8 Å². The lowest BCUT2D eigenvalue weighted by atomic mass is 9.87. The van der Waals surface area contributed by atoms with Gasteiger partial charge in [0.15, 0.2) is 0 Å². The summed E-state index contributed by atoms with van der Waals surface area (Å²) in [6.45, 7) is 7.37. The average molecular weight is 468 g/mol. The van der Waals surface area contributed by atoms with Crippen LogP contribution in [0.2, 0.25) is 0 Å². The maximum atomic E-state index is 13.9. The van der Waals surface area contributed by atoms with E-state index >= 15 is 0 Å². The third-order valence-electron chi connectivity index (χ3n) is 6.74. The fourth-order valence-electron chi connectivity index (χ4n) is 4.83. The molecule has 0 spiro atoms. The van der Waals surface area contributed by atoms with Gasteiger partial charge < -0.3 is 14.4 Å². The van der Waals surface area contributed by atoms with Crippen molar-refractivity contribution < 1.29 is 4.79 Å². The standard InChI is InChI=1S/C31H37N3O/c1-5-33-23-29(27-16-9-10-17-30(27)33)28(26-15-11-12-24(2)20-26)21-31(35)34(19-18-32(3)4)22-25-13-7-6-8-14-25/h6-17,20,23,28H,5,18-19,21-22H2,1-4H3. The molecule has 1 atom stereocenters. The van der Waals surface area contributed by atoms with E-state index in [0.29, 0.717) is 19.5 Å². The molecule has 0 aliphatic rings. The molecule has 35 heavy (non-hydrogen) atoms. The first-order valence-corrected chi connectivity index (χ1v) is 12.6. The van der Waals surface area contributed by atoms with Crippen LogP contribution in [-0.2, 0) is 17.9 Å². The maximum Gasteiger partial charge on any atom is 0.223 e. The Morgan fingerprint density at radius 1 is 0.914 bits per heavy atom. The van der Waals surface area contributed by atoms with Gasteiger partial charge in [-0.3, -0.25) is 4.79 Å².